The second-order valence-corrected chi connectivity index (χ2v) is 12.4. The average molecular weight is 783 g/mol. The summed E-state index contributed by atoms with van der Waals surface area (Å²) in [6.45, 7) is -0.338. The lowest BCUT2D eigenvalue weighted by molar-refractivity contribution is -0.192. The van der Waals surface area contributed by atoms with Crippen molar-refractivity contribution in [2.75, 3.05) is 13.1 Å². The van der Waals surface area contributed by atoms with Gasteiger partial charge in [0.2, 0.25) is 29.5 Å². The van der Waals surface area contributed by atoms with Crippen LogP contribution in [-0.4, -0.2) is 95.1 Å². The van der Waals surface area contributed by atoms with Crippen molar-refractivity contribution in [3.8, 4) is 18.1 Å². The van der Waals surface area contributed by atoms with E-state index in [-0.39, 0.29) is 50.4 Å². The highest BCUT2D eigenvalue weighted by molar-refractivity contribution is 5.97. The Hall–Kier alpha value is -6.84. The normalized spacial score (nSPS) is 19.5. The molecule has 1 aliphatic rings. The number of aromatic hydroxyl groups is 1. The summed E-state index contributed by atoms with van der Waals surface area (Å²) in [7, 11) is 0. The SMILES string of the molecule is C#CC[C@@H]1NC(=O)[C@@H](Cc2ccc(O)cc2)NC(=O)CNC(=O)[C@H](Cc2ccc3ccccc3c2)NC(=O)[C@H](CCCN=C(N)N)NC1=O.O=C(O)C(F)(F)F. The lowest BCUT2D eigenvalue weighted by Crippen LogP contribution is -2.57. The van der Waals surface area contributed by atoms with Crippen LogP contribution in [0.1, 0.15) is 30.4 Å². The molecule has 0 bridgehead atoms. The number of nitrogens with zero attached hydrogens (tertiary/aromatic N) is 1. The first-order valence-corrected chi connectivity index (χ1v) is 17.0. The van der Waals surface area contributed by atoms with Gasteiger partial charge >= 0.3 is 12.1 Å². The fourth-order valence-corrected chi connectivity index (χ4v) is 5.34. The van der Waals surface area contributed by atoms with Crippen LogP contribution in [0.15, 0.2) is 71.7 Å². The Kier molecular flexibility index (Phi) is 16.0. The highest BCUT2D eigenvalue weighted by atomic mass is 19.4. The number of carboxylic acid groups (broad SMARTS) is 1. The molecule has 298 valence electrons. The van der Waals surface area contributed by atoms with Crippen LogP contribution < -0.4 is 38.1 Å². The lowest BCUT2D eigenvalue weighted by atomic mass is 10.0. The number of nitrogens with two attached hydrogens (primary N) is 2. The van der Waals surface area contributed by atoms with Crippen LogP contribution in [0.3, 0.4) is 0 Å². The van der Waals surface area contributed by atoms with Gasteiger partial charge in [-0.25, -0.2) is 4.79 Å². The van der Waals surface area contributed by atoms with Gasteiger partial charge in [0.15, 0.2) is 5.96 Å². The molecule has 1 aliphatic heterocycles. The number of aliphatic imine (C=N–C) groups is 1. The molecule has 0 saturated carbocycles. The molecule has 3 aromatic carbocycles. The van der Waals surface area contributed by atoms with Gasteiger partial charge in [-0.05, 0) is 46.9 Å². The first kappa shape index (κ1) is 43.6. The van der Waals surface area contributed by atoms with Gasteiger partial charge in [0.1, 0.15) is 29.9 Å². The van der Waals surface area contributed by atoms with Gasteiger partial charge in [-0.2, -0.15) is 13.2 Å². The fourth-order valence-electron chi connectivity index (χ4n) is 5.34. The van der Waals surface area contributed by atoms with Crippen molar-refractivity contribution < 1.29 is 52.2 Å². The van der Waals surface area contributed by atoms with E-state index in [0.29, 0.717) is 5.56 Å². The molecule has 4 atom stereocenters. The van der Waals surface area contributed by atoms with Crippen molar-refractivity contribution >= 4 is 52.2 Å². The zero-order valence-electron chi connectivity index (χ0n) is 29.8. The first-order chi connectivity index (χ1) is 26.5. The molecule has 16 nitrogen and oxygen atoms in total. The van der Waals surface area contributed by atoms with E-state index >= 15 is 0 Å². The number of phenols is 1. The molecule has 4 rings (SSSR count). The maximum absolute atomic E-state index is 13.7. The number of carboxylic acids is 1. The Morgan fingerprint density at radius 1 is 0.786 bits per heavy atom. The Bertz CT molecular complexity index is 1960. The van der Waals surface area contributed by atoms with Crippen molar-refractivity contribution in [3.05, 3.63) is 77.9 Å². The number of guanidine groups is 1. The highest BCUT2D eigenvalue weighted by Crippen LogP contribution is 2.18. The Morgan fingerprint density at radius 2 is 1.32 bits per heavy atom. The summed E-state index contributed by atoms with van der Waals surface area (Å²) in [5.41, 5.74) is 12.2. The molecular weight excluding hydrogens is 741 g/mol. The molecule has 0 radical (unpaired) electrons. The Balaban J connectivity index is 0.00000109. The van der Waals surface area contributed by atoms with Gasteiger partial charge in [0.05, 0.1) is 6.54 Å². The van der Waals surface area contributed by atoms with Crippen molar-refractivity contribution in [3.63, 3.8) is 0 Å². The third-order valence-corrected chi connectivity index (χ3v) is 8.11. The molecule has 56 heavy (non-hydrogen) atoms. The molecule has 1 fully saturated rings. The second-order valence-electron chi connectivity index (χ2n) is 12.4. The van der Waals surface area contributed by atoms with Gasteiger partial charge in [-0.3, -0.25) is 29.0 Å². The monoisotopic (exact) mass is 782 g/mol. The molecule has 1 heterocycles. The van der Waals surface area contributed by atoms with Crippen LogP contribution in [0.25, 0.3) is 10.8 Å². The number of terminal acetylenes is 1. The zero-order valence-corrected chi connectivity index (χ0v) is 29.8. The third kappa shape index (κ3) is 14.2. The third-order valence-electron chi connectivity index (χ3n) is 8.11. The van der Waals surface area contributed by atoms with E-state index in [0.717, 1.165) is 16.3 Å². The van der Waals surface area contributed by atoms with Gasteiger partial charge in [-0.15, -0.1) is 12.3 Å². The lowest BCUT2D eigenvalue weighted by Gasteiger charge is -2.25. The first-order valence-electron chi connectivity index (χ1n) is 17.0. The largest absolute Gasteiger partial charge is 0.508 e. The molecule has 0 aromatic heterocycles. The van der Waals surface area contributed by atoms with Gasteiger partial charge in [0, 0.05) is 25.8 Å². The summed E-state index contributed by atoms with van der Waals surface area (Å²) in [6, 6.07) is 14.6. The molecule has 0 aliphatic carbocycles. The number of fused-ring (bicyclic) bond motifs is 1. The minimum absolute atomic E-state index is 0.00572. The van der Waals surface area contributed by atoms with Crippen molar-refractivity contribution in [1.29, 1.82) is 0 Å². The minimum Gasteiger partial charge on any atom is -0.508 e. The number of amides is 5. The van der Waals surface area contributed by atoms with E-state index in [1.165, 1.54) is 12.1 Å². The van der Waals surface area contributed by atoms with E-state index in [1.807, 2.05) is 42.5 Å². The number of rotatable bonds is 9. The summed E-state index contributed by atoms with van der Waals surface area (Å²) in [6.07, 6.45) is 0.671. The summed E-state index contributed by atoms with van der Waals surface area (Å²) in [4.78, 5) is 80.3. The predicted octanol–water partition coefficient (Wildman–Crippen LogP) is 0.110. The van der Waals surface area contributed by atoms with Crippen LogP contribution in [0.4, 0.5) is 13.2 Å². The van der Waals surface area contributed by atoms with Crippen LogP contribution in [0.5, 0.6) is 5.75 Å². The quantitative estimate of drug-likeness (QED) is 0.0612. The topological polar surface area (TPSA) is 267 Å². The number of carbonyl (C=O) groups excluding carboxylic acids is 5. The molecule has 0 unspecified atom stereocenters. The fraction of sp³-hybridized carbons (Fsp3) is 0.324. The number of benzene rings is 3. The number of alkyl halides is 3. The maximum atomic E-state index is 13.7. The summed E-state index contributed by atoms with van der Waals surface area (Å²) in [5, 5.41) is 31.9. The van der Waals surface area contributed by atoms with E-state index in [4.69, 9.17) is 27.8 Å². The smallest absolute Gasteiger partial charge is 0.490 e. The molecule has 0 spiro atoms. The second kappa shape index (κ2) is 20.6. The number of carbonyl (C=O) groups is 6. The van der Waals surface area contributed by atoms with Gasteiger partial charge < -0.3 is 48.3 Å². The zero-order chi connectivity index (χ0) is 41.4. The minimum atomic E-state index is -5.08. The number of hydrogen-bond donors (Lipinski definition) is 9. The van der Waals surface area contributed by atoms with Crippen molar-refractivity contribution in [2.24, 2.45) is 16.5 Å². The molecule has 19 heteroatoms. The van der Waals surface area contributed by atoms with Gasteiger partial charge in [0.25, 0.3) is 0 Å². The standard InChI is InChI=1S/C35H40N8O6.C2HF3O2/c1-2-6-26-32(47)42-27(9-5-16-38-35(36)37)33(48)43-28(19-22-10-13-23-7-3-4-8-24(23)17-22)31(46)39-20-30(45)40-29(34(49)41-26)18-21-11-14-25(44)15-12-21;3-2(4,5)1(6)7/h1,3-4,7-8,10-15,17,26-29,44H,5-6,9,16,18-20H2,(H,39,46)(H,40,45)(H,41,49)(H,42,47)(H,43,48)(H4,36,37,38);(H,6,7)/t26-,27-,28-,29+;/m0./s1. The van der Waals surface area contributed by atoms with Gasteiger partial charge in [-0.1, -0.05) is 54.6 Å². The van der Waals surface area contributed by atoms with Crippen LogP contribution in [0.2, 0.25) is 0 Å². The van der Waals surface area contributed by atoms with Crippen LogP contribution in [0, 0.1) is 12.3 Å². The van der Waals surface area contributed by atoms with E-state index < -0.39 is 72.4 Å². The summed E-state index contributed by atoms with van der Waals surface area (Å²) in [5.74, 6) is -3.98. The van der Waals surface area contributed by atoms with E-state index in [9.17, 15) is 42.3 Å². The average Bonchev–Trinajstić information content (AvgIpc) is 3.14. The number of phenolic OH excluding ortho intramolecular Hbond substituents is 1. The summed E-state index contributed by atoms with van der Waals surface area (Å²) >= 11 is 0. The van der Waals surface area contributed by atoms with Crippen molar-refractivity contribution in [2.45, 2.75) is 62.4 Å². The van der Waals surface area contributed by atoms with Crippen LogP contribution >= 0.6 is 0 Å². The number of nitrogens with one attached hydrogen (secondary N) is 5. The molecular formula is C37H41F3N8O8. The molecule has 3 aromatic rings. The molecule has 5 amide bonds. The summed E-state index contributed by atoms with van der Waals surface area (Å²) < 4.78 is 31.7. The highest BCUT2D eigenvalue weighted by Gasteiger charge is 2.38. The number of aliphatic carboxylic acids is 1. The molecule has 1 saturated heterocycles. The van der Waals surface area contributed by atoms with E-state index in [1.54, 1.807) is 12.1 Å². The van der Waals surface area contributed by atoms with E-state index in [2.05, 4.69) is 37.5 Å². The number of hydrogen-bond acceptors (Lipinski definition) is 8. The predicted molar refractivity (Wildman–Crippen MR) is 197 cm³/mol. The Labute approximate surface area is 318 Å². The number of halogens is 3. The van der Waals surface area contributed by atoms with Crippen molar-refractivity contribution in [1.82, 2.24) is 26.6 Å². The Morgan fingerprint density at radius 3 is 1.95 bits per heavy atom. The molecule has 11 N–H and O–H groups in total. The maximum Gasteiger partial charge on any atom is 0.490 e. The van der Waals surface area contributed by atoms with Crippen LogP contribution in [-0.2, 0) is 41.6 Å².